The Morgan fingerprint density at radius 1 is 1.29 bits per heavy atom. The molecule has 0 aliphatic carbocycles. The number of hydrogen-bond acceptors (Lipinski definition) is 5. The molecular weight excluding hydrogens is 332 g/mol. The summed E-state index contributed by atoms with van der Waals surface area (Å²) in [6.07, 6.45) is 1.25. The van der Waals surface area contributed by atoms with Gasteiger partial charge in [-0.15, -0.1) is 11.3 Å². The van der Waals surface area contributed by atoms with Crippen molar-refractivity contribution in [1.29, 1.82) is 0 Å². The molecule has 0 spiro atoms. The van der Waals surface area contributed by atoms with Crippen molar-refractivity contribution in [3.05, 3.63) is 26.6 Å². The van der Waals surface area contributed by atoms with Gasteiger partial charge in [-0.25, -0.2) is 9.78 Å². The van der Waals surface area contributed by atoms with Gasteiger partial charge >= 0.3 is 11.9 Å². The highest BCUT2D eigenvalue weighted by Crippen LogP contribution is 2.28. The third-order valence-electron chi connectivity index (χ3n) is 3.93. The number of carboxylic acid groups (broad SMARTS) is 2. The van der Waals surface area contributed by atoms with Crippen molar-refractivity contribution >= 4 is 33.5 Å². The molecule has 2 heterocycles. The zero-order chi connectivity index (χ0) is 18.2. The highest BCUT2D eigenvalue weighted by Gasteiger charge is 2.30. The predicted molar refractivity (Wildman–Crippen MR) is 91.0 cm³/mol. The van der Waals surface area contributed by atoms with E-state index in [0.717, 1.165) is 17.8 Å². The second-order valence-electron chi connectivity index (χ2n) is 6.40. The molecule has 130 valence electrons. The molecule has 2 rings (SSSR count). The molecule has 2 aromatic rings. The van der Waals surface area contributed by atoms with Crippen LogP contribution in [0.5, 0.6) is 0 Å². The van der Waals surface area contributed by atoms with E-state index in [1.807, 2.05) is 6.92 Å². The van der Waals surface area contributed by atoms with E-state index in [2.05, 4.69) is 4.98 Å². The summed E-state index contributed by atoms with van der Waals surface area (Å²) >= 11 is 0.979. The summed E-state index contributed by atoms with van der Waals surface area (Å²) in [4.78, 5) is 40.6. The van der Waals surface area contributed by atoms with Crippen molar-refractivity contribution in [3.8, 4) is 0 Å². The first-order valence-corrected chi connectivity index (χ1v) is 8.41. The topological polar surface area (TPSA) is 109 Å². The van der Waals surface area contributed by atoms with E-state index in [9.17, 15) is 24.6 Å². The lowest BCUT2D eigenvalue weighted by molar-refractivity contribution is -0.147. The molecule has 8 heteroatoms. The quantitative estimate of drug-likeness (QED) is 0.827. The summed E-state index contributed by atoms with van der Waals surface area (Å²) < 4.78 is 1.38. The van der Waals surface area contributed by atoms with Crippen molar-refractivity contribution in [2.45, 2.75) is 47.1 Å². The van der Waals surface area contributed by atoms with Crippen molar-refractivity contribution < 1.29 is 19.8 Å². The molecule has 0 bridgehead atoms. The van der Waals surface area contributed by atoms with Crippen LogP contribution in [-0.4, -0.2) is 31.7 Å². The van der Waals surface area contributed by atoms with Crippen LogP contribution >= 0.6 is 11.3 Å². The van der Waals surface area contributed by atoms with Gasteiger partial charge in [-0.3, -0.25) is 14.2 Å². The van der Waals surface area contributed by atoms with Crippen LogP contribution in [-0.2, 0) is 17.8 Å². The van der Waals surface area contributed by atoms with Crippen molar-refractivity contribution in [2.75, 3.05) is 0 Å². The van der Waals surface area contributed by atoms with Gasteiger partial charge in [0.25, 0.3) is 5.56 Å². The van der Waals surface area contributed by atoms with Gasteiger partial charge in [0.05, 0.1) is 10.8 Å². The zero-order valence-electron chi connectivity index (χ0n) is 14.0. The number of hydrogen-bond donors (Lipinski definition) is 2. The van der Waals surface area contributed by atoms with Crippen LogP contribution in [0.25, 0.3) is 10.2 Å². The Morgan fingerprint density at radius 2 is 1.92 bits per heavy atom. The fourth-order valence-electron chi connectivity index (χ4n) is 2.50. The highest BCUT2D eigenvalue weighted by molar-refractivity contribution is 7.20. The van der Waals surface area contributed by atoms with Gasteiger partial charge in [-0.05, 0) is 32.8 Å². The molecule has 0 atom stereocenters. The van der Waals surface area contributed by atoms with Crippen LogP contribution in [0.1, 0.15) is 48.3 Å². The van der Waals surface area contributed by atoms with E-state index in [1.165, 1.54) is 4.57 Å². The van der Waals surface area contributed by atoms with Gasteiger partial charge in [-0.1, -0.05) is 6.92 Å². The first-order chi connectivity index (χ1) is 11.1. The summed E-state index contributed by atoms with van der Waals surface area (Å²) in [5.74, 6) is -1.61. The number of aromatic nitrogens is 2. The summed E-state index contributed by atoms with van der Waals surface area (Å²) in [5, 5.41) is 18.9. The number of thiophene rings is 1. The van der Waals surface area contributed by atoms with Crippen LogP contribution < -0.4 is 5.56 Å². The molecular formula is C16H20N2O5S. The van der Waals surface area contributed by atoms with Gasteiger partial charge in [0.2, 0.25) is 0 Å². The normalized spacial score (nSPS) is 11.8. The fourth-order valence-corrected chi connectivity index (χ4v) is 3.53. The number of carbonyl (C=O) groups is 2. The maximum Gasteiger partial charge on any atom is 0.346 e. The molecule has 0 amide bonds. The van der Waals surface area contributed by atoms with Gasteiger partial charge in [0.15, 0.2) is 0 Å². The molecule has 24 heavy (non-hydrogen) atoms. The largest absolute Gasteiger partial charge is 0.481 e. The standard InChI is InChI=1S/C16H20N2O5S/c1-5-6-9-17-12-10(8(2)11(24-12)14(20)21)13(19)18(9)7-16(3,4)15(22)23/h5-7H2,1-4H3,(H,20,21)(H,22,23). The van der Waals surface area contributed by atoms with Crippen LogP contribution in [0.2, 0.25) is 0 Å². The van der Waals surface area contributed by atoms with E-state index in [-0.39, 0.29) is 22.4 Å². The molecule has 0 saturated heterocycles. The maximum absolute atomic E-state index is 12.9. The summed E-state index contributed by atoms with van der Waals surface area (Å²) in [6.45, 7) is 6.59. The van der Waals surface area contributed by atoms with Gasteiger partial charge in [-0.2, -0.15) is 0 Å². The van der Waals surface area contributed by atoms with Crippen LogP contribution in [0.3, 0.4) is 0 Å². The summed E-state index contributed by atoms with van der Waals surface area (Å²) in [6, 6.07) is 0. The minimum atomic E-state index is -1.14. The van der Waals surface area contributed by atoms with Crippen molar-refractivity contribution in [3.63, 3.8) is 0 Å². The Labute approximate surface area is 142 Å². The number of aliphatic carboxylic acids is 1. The van der Waals surface area contributed by atoms with E-state index >= 15 is 0 Å². The molecule has 7 nitrogen and oxygen atoms in total. The average molecular weight is 352 g/mol. The lowest BCUT2D eigenvalue weighted by Gasteiger charge is -2.22. The van der Waals surface area contributed by atoms with Crippen LogP contribution in [0.15, 0.2) is 4.79 Å². The number of aryl methyl sites for hydroxylation is 2. The monoisotopic (exact) mass is 352 g/mol. The van der Waals surface area contributed by atoms with Crippen molar-refractivity contribution in [1.82, 2.24) is 9.55 Å². The third-order valence-corrected chi connectivity index (χ3v) is 5.10. The maximum atomic E-state index is 12.9. The minimum absolute atomic E-state index is 0.0167. The number of carboxylic acids is 2. The zero-order valence-corrected chi connectivity index (χ0v) is 14.9. The second-order valence-corrected chi connectivity index (χ2v) is 7.40. The van der Waals surface area contributed by atoms with Gasteiger partial charge < -0.3 is 10.2 Å². The molecule has 0 aliphatic heterocycles. The molecule has 2 aromatic heterocycles. The molecule has 0 aliphatic rings. The van der Waals surface area contributed by atoms with Gasteiger partial charge in [0, 0.05) is 13.0 Å². The Kier molecular flexibility index (Phi) is 4.80. The first kappa shape index (κ1) is 18.1. The van der Waals surface area contributed by atoms with Crippen molar-refractivity contribution in [2.24, 2.45) is 5.41 Å². The van der Waals surface area contributed by atoms with E-state index in [1.54, 1.807) is 20.8 Å². The molecule has 2 N–H and O–H groups in total. The second kappa shape index (κ2) is 6.35. The van der Waals surface area contributed by atoms with Crippen LogP contribution in [0.4, 0.5) is 0 Å². The fraction of sp³-hybridized carbons (Fsp3) is 0.500. The Bertz CT molecular complexity index is 879. The molecule has 0 unspecified atom stereocenters. The third kappa shape index (κ3) is 3.06. The summed E-state index contributed by atoms with van der Waals surface area (Å²) in [5.41, 5.74) is -1.13. The molecule has 0 radical (unpaired) electrons. The minimum Gasteiger partial charge on any atom is -0.481 e. The highest BCUT2D eigenvalue weighted by atomic mass is 32.1. The number of aromatic carboxylic acids is 1. The first-order valence-electron chi connectivity index (χ1n) is 7.59. The number of nitrogens with zero attached hydrogens (tertiary/aromatic N) is 2. The number of rotatable bonds is 6. The molecule has 0 fully saturated rings. The Balaban J connectivity index is 2.77. The summed E-state index contributed by atoms with van der Waals surface area (Å²) in [7, 11) is 0. The lowest BCUT2D eigenvalue weighted by atomic mass is 9.93. The average Bonchev–Trinajstić information content (AvgIpc) is 2.80. The molecule has 0 saturated carbocycles. The Hall–Kier alpha value is -2.22. The Morgan fingerprint density at radius 3 is 2.42 bits per heavy atom. The van der Waals surface area contributed by atoms with E-state index in [4.69, 9.17) is 0 Å². The SMILES string of the molecule is CCCc1nc2sc(C(=O)O)c(C)c2c(=O)n1CC(C)(C)C(=O)O. The predicted octanol–water partition coefficient (Wildman–Crippen LogP) is 2.53. The van der Waals surface area contributed by atoms with E-state index < -0.39 is 17.4 Å². The lowest BCUT2D eigenvalue weighted by Crippen LogP contribution is -2.36. The molecule has 0 aromatic carbocycles. The van der Waals surface area contributed by atoms with E-state index in [0.29, 0.717) is 22.6 Å². The number of fused-ring (bicyclic) bond motifs is 1. The van der Waals surface area contributed by atoms with Gasteiger partial charge in [0.1, 0.15) is 15.5 Å². The van der Waals surface area contributed by atoms with Crippen LogP contribution in [0, 0.1) is 12.3 Å². The smallest absolute Gasteiger partial charge is 0.346 e.